The van der Waals surface area contributed by atoms with Crippen LogP contribution in [0, 0.1) is 20.2 Å². The molecule has 0 saturated carbocycles. The molecule has 0 bridgehead atoms. The van der Waals surface area contributed by atoms with E-state index in [0.29, 0.717) is 12.1 Å². The Morgan fingerprint density at radius 2 is 1.70 bits per heavy atom. The van der Waals surface area contributed by atoms with E-state index < -0.39 is 27.1 Å². The van der Waals surface area contributed by atoms with Crippen molar-refractivity contribution in [2.24, 2.45) is 0 Å². The molecule has 1 amide bonds. The minimum atomic E-state index is -0.880. The summed E-state index contributed by atoms with van der Waals surface area (Å²) in [6.07, 6.45) is 0.705. The fourth-order valence-corrected chi connectivity index (χ4v) is 2.11. The SMILES string of the molecule is CCc1ccccc1NC(=O)c1ccc([N+](=O)[O-])c([N+](=O)[O-])c1. The summed E-state index contributed by atoms with van der Waals surface area (Å²) in [4.78, 5) is 32.2. The molecule has 0 aliphatic carbocycles. The van der Waals surface area contributed by atoms with Crippen LogP contribution in [0.1, 0.15) is 22.8 Å². The van der Waals surface area contributed by atoms with Crippen molar-refractivity contribution >= 4 is 23.0 Å². The summed E-state index contributed by atoms with van der Waals surface area (Å²) < 4.78 is 0. The van der Waals surface area contributed by atoms with Crippen LogP contribution in [0.3, 0.4) is 0 Å². The second-order valence-electron chi connectivity index (χ2n) is 4.68. The van der Waals surface area contributed by atoms with Gasteiger partial charge in [-0.25, -0.2) is 0 Å². The lowest BCUT2D eigenvalue weighted by Crippen LogP contribution is -2.13. The van der Waals surface area contributed by atoms with Gasteiger partial charge in [0.1, 0.15) is 0 Å². The van der Waals surface area contributed by atoms with E-state index in [9.17, 15) is 25.0 Å². The molecule has 0 aromatic heterocycles. The topological polar surface area (TPSA) is 115 Å². The zero-order chi connectivity index (χ0) is 17.0. The number of amides is 1. The third-order valence-electron chi connectivity index (χ3n) is 3.28. The average Bonchev–Trinajstić information content (AvgIpc) is 2.54. The monoisotopic (exact) mass is 315 g/mol. The molecule has 118 valence electrons. The number of benzene rings is 2. The molecule has 2 aromatic rings. The highest BCUT2D eigenvalue weighted by atomic mass is 16.6. The van der Waals surface area contributed by atoms with Gasteiger partial charge in [-0.15, -0.1) is 0 Å². The molecular weight excluding hydrogens is 302 g/mol. The Hall–Kier alpha value is -3.29. The number of nitro groups is 2. The number of para-hydroxylation sites is 1. The largest absolute Gasteiger partial charge is 0.346 e. The zero-order valence-electron chi connectivity index (χ0n) is 12.2. The summed E-state index contributed by atoms with van der Waals surface area (Å²) >= 11 is 0. The van der Waals surface area contributed by atoms with Gasteiger partial charge in [0.25, 0.3) is 5.91 Å². The molecule has 8 nitrogen and oxygen atoms in total. The Kier molecular flexibility index (Phi) is 4.65. The van der Waals surface area contributed by atoms with Crippen LogP contribution in [0.25, 0.3) is 0 Å². The number of nitrogens with zero attached hydrogens (tertiary/aromatic N) is 2. The maximum absolute atomic E-state index is 12.2. The van der Waals surface area contributed by atoms with Gasteiger partial charge < -0.3 is 5.32 Å². The van der Waals surface area contributed by atoms with E-state index in [4.69, 9.17) is 0 Å². The van der Waals surface area contributed by atoms with Crippen molar-refractivity contribution < 1.29 is 14.6 Å². The first-order chi connectivity index (χ1) is 10.9. The van der Waals surface area contributed by atoms with Crippen LogP contribution in [-0.4, -0.2) is 15.8 Å². The summed E-state index contributed by atoms with van der Waals surface area (Å²) in [7, 11) is 0. The van der Waals surface area contributed by atoms with Gasteiger partial charge in [0.15, 0.2) is 0 Å². The summed E-state index contributed by atoms with van der Waals surface area (Å²) in [5.41, 5.74) is 0.124. The maximum Gasteiger partial charge on any atom is 0.346 e. The first-order valence-electron chi connectivity index (χ1n) is 6.76. The van der Waals surface area contributed by atoms with Crippen LogP contribution < -0.4 is 5.32 Å². The van der Waals surface area contributed by atoms with E-state index in [-0.39, 0.29) is 5.56 Å². The number of rotatable bonds is 5. The molecule has 0 saturated heterocycles. The highest BCUT2D eigenvalue weighted by Gasteiger charge is 2.25. The Morgan fingerprint density at radius 1 is 1.04 bits per heavy atom. The molecule has 0 heterocycles. The summed E-state index contributed by atoms with van der Waals surface area (Å²) in [5, 5.41) is 24.4. The van der Waals surface area contributed by atoms with Gasteiger partial charge in [0.05, 0.1) is 9.85 Å². The Bertz CT molecular complexity index is 788. The lowest BCUT2D eigenvalue weighted by Gasteiger charge is -2.09. The van der Waals surface area contributed by atoms with Crippen molar-refractivity contribution in [1.82, 2.24) is 0 Å². The van der Waals surface area contributed by atoms with Gasteiger partial charge in [-0.3, -0.25) is 25.0 Å². The van der Waals surface area contributed by atoms with Crippen LogP contribution in [0.5, 0.6) is 0 Å². The smallest absolute Gasteiger partial charge is 0.322 e. The fraction of sp³-hybridized carbons (Fsp3) is 0.133. The standard InChI is InChI=1S/C15H13N3O5/c1-2-10-5-3-4-6-12(10)16-15(19)11-7-8-13(17(20)21)14(9-11)18(22)23/h3-9H,2H2,1H3,(H,16,19). The van der Waals surface area contributed by atoms with Crippen molar-refractivity contribution in [2.75, 3.05) is 5.32 Å². The number of carbonyl (C=O) groups excluding carboxylic acids is 1. The zero-order valence-corrected chi connectivity index (χ0v) is 12.2. The second-order valence-corrected chi connectivity index (χ2v) is 4.68. The quantitative estimate of drug-likeness (QED) is 0.671. The third-order valence-corrected chi connectivity index (χ3v) is 3.28. The van der Waals surface area contributed by atoms with Crippen molar-refractivity contribution in [2.45, 2.75) is 13.3 Å². The normalized spacial score (nSPS) is 10.1. The van der Waals surface area contributed by atoms with Gasteiger partial charge in [0.2, 0.25) is 0 Å². The highest BCUT2D eigenvalue weighted by Crippen LogP contribution is 2.28. The minimum Gasteiger partial charge on any atom is -0.322 e. The van der Waals surface area contributed by atoms with Crippen LogP contribution in [0.4, 0.5) is 17.1 Å². The number of nitrogens with one attached hydrogen (secondary N) is 1. The predicted octanol–water partition coefficient (Wildman–Crippen LogP) is 3.32. The summed E-state index contributed by atoms with van der Waals surface area (Å²) in [5.74, 6) is -0.566. The summed E-state index contributed by atoms with van der Waals surface area (Å²) in [6, 6.07) is 10.2. The molecule has 8 heteroatoms. The highest BCUT2D eigenvalue weighted by molar-refractivity contribution is 6.05. The van der Waals surface area contributed by atoms with Crippen molar-refractivity contribution in [3.05, 3.63) is 73.8 Å². The first-order valence-corrected chi connectivity index (χ1v) is 6.76. The van der Waals surface area contributed by atoms with Gasteiger partial charge >= 0.3 is 11.4 Å². The Labute approximate surface area is 131 Å². The van der Waals surface area contributed by atoms with Crippen LogP contribution in [0.2, 0.25) is 0 Å². The van der Waals surface area contributed by atoms with Crippen molar-refractivity contribution in [3.63, 3.8) is 0 Å². The molecule has 0 fully saturated rings. The minimum absolute atomic E-state index is 0.0202. The molecule has 2 rings (SSSR count). The third kappa shape index (κ3) is 3.49. The number of anilines is 1. The molecule has 0 spiro atoms. The molecule has 1 N–H and O–H groups in total. The van der Waals surface area contributed by atoms with Crippen LogP contribution in [0.15, 0.2) is 42.5 Å². The van der Waals surface area contributed by atoms with Crippen LogP contribution in [-0.2, 0) is 6.42 Å². The van der Waals surface area contributed by atoms with Crippen molar-refractivity contribution in [1.29, 1.82) is 0 Å². The molecule has 0 aliphatic heterocycles. The lowest BCUT2D eigenvalue weighted by atomic mass is 10.1. The number of carbonyl (C=O) groups is 1. The second kappa shape index (κ2) is 6.65. The number of aryl methyl sites for hydroxylation is 1. The van der Waals surface area contributed by atoms with E-state index in [2.05, 4.69) is 5.32 Å². The lowest BCUT2D eigenvalue weighted by molar-refractivity contribution is -0.422. The Balaban J connectivity index is 2.35. The Morgan fingerprint density at radius 3 is 2.30 bits per heavy atom. The van der Waals surface area contributed by atoms with Gasteiger partial charge in [-0.2, -0.15) is 0 Å². The van der Waals surface area contributed by atoms with E-state index >= 15 is 0 Å². The van der Waals surface area contributed by atoms with Gasteiger partial charge in [0, 0.05) is 23.4 Å². The molecule has 0 radical (unpaired) electrons. The molecule has 2 aromatic carbocycles. The number of nitro benzene ring substituents is 2. The maximum atomic E-state index is 12.2. The summed E-state index contributed by atoms with van der Waals surface area (Å²) in [6.45, 7) is 1.93. The van der Waals surface area contributed by atoms with E-state index in [1.807, 2.05) is 19.1 Å². The van der Waals surface area contributed by atoms with Crippen molar-refractivity contribution in [3.8, 4) is 0 Å². The molecule has 0 unspecified atom stereocenters. The van der Waals surface area contributed by atoms with E-state index in [0.717, 1.165) is 17.7 Å². The van der Waals surface area contributed by atoms with E-state index in [1.54, 1.807) is 12.1 Å². The number of hydrogen-bond acceptors (Lipinski definition) is 5. The van der Waals surface area contributed by atoms with Gasteiger partial charge in [-0.05, 0) is 24.1 Å². The first kappa shape index (κ1) is 16.1. The average molecular weight is 315 g/mol. The molecule has 0 atom stereocenters. The van der Waals surface area contributed by atoms with Crippen LogP contribution >= 0.6 is 0 Å². The molecule has 23 heavy (non-hydrogen) atoms. The fourth-order valence-electron chi connectivity index (χ4n) is 2.11. The van der Waals surface area contributed by atoms with E-state index in [1.165, 1.54) is 6.07 Å². The predicted molar refractivity (Wildman–Crippen MR) is 83.5 cm³/mol. The molecule has 0 aliphatic rings. The molecular formula is C15H13N3O5. The number of hydrogen-bond donors (Lipinski definition) is 1. The van der Waals surface area contributed by atoms with Gasteiger partial charge in [-0.1, -0.05) is 25.1 Å².